The number of hydrogen-bond acceptors (Lipinski definition) is 13. The molecule has 3 aromatic rings. The number of thiazole rings is 1. The first kappa shape index (κ1) is 19.3. The molecule has 0 spiro atoms. The second-order valence-corrected chi connectivity index (χ2v) is 7.51. The van der Waals surface area contributed by atoms with Crippen molar-refractivity contribution in [2.24, 2.45) is 0 Å². The molecule has 1 aliphatic rings. The highest BCUT2D eigenvalue weighted by Crippen LogP contribution is 2.53. The van der Waals surface area contributed by atoms with Gasteiger partial charge in [0.25, 0.3) is 0 Å². The van der Waals surface area contributed by atoms with Crippen molar-refractivity contribution in [1.82, 2.24) is 9.97 Å². The maximum atomic E-state index is 10.3. The van der Waals surface area contributed by atoms with Gasteiger partial charge in [-0.25, -0.2) is 9.40 Å². The molecular formula is C16H18N6O5S2. The van der Waals surface area contributed by atoms with E-state index in [1.54, 1.807) is 26.1 Å². The van der Waals surface area contributed by atoms with E-state index in [4.69, 9.17) is 18.6 Å². The molecule has 3 heterocycles. The van der Waals surface area contributed by atoms with E-state index in [1.807, 2.05) is 5.38 Å². The number of hydrazine groups is 2. The van der Waals surface area contributed by atoms with Crippen molar-refractivity contribution in [3.8, 4) is 17.2 Å². The topological polar surface area (TPSA) is 117 Å². The number of hydrogen-bond donors (Lipinski definition) is 4. The van der Waals surface area contributed by atoms with Crippen molar-refractivity contribution in [2.45, 2.75) is 19.6 Å². The monoisotopic (exact) mass is 438 g/mol. The van der Waals surface area contributed by atoms with Crippen molar-refractivity contribution in [2.75, 3.05) is 27.5 Å². The standard InChI is InChI=1S/C16H18N6O5S2/c1-16(2)26-10-8-9(19-22(28)15-18-5-7-29-15)11(13(24-3)12(10)27-16)20-21(23)14-17-4-6-25-14/h4-8,19-20,23,28H,1-3H3. The minimum atomic E-state index is -0.886. The summed E-state index contributed by atoms with van der Waals surface area (Å²) < 4.78 is 23.8. The molecule has 13 heteroatoms. The number of rotatable bonds is 7. The summed E-state index contributed by atoms with van der Waals surface area (Å²) in [6.07, 6.45) is 4.39. The molecule has 0 atom stereocenters. The van der Waals surface area contributed by atoms with Crippen LogP contribution in [0.5, 0.6) is 17.2 Å². The lowest BCUT2D eigenvalue weighted by Gasteiger charge is -2.24. The van der Waals surface area contributed by atoms with Gasteiger partial charge in [-0.1, -0.05) is 0 Å². The van der Waals surface area contributed by atoms with Crippen LogP contribution in [-0.4, -0.2) is 28.1 Å². The van der Waals surface area contributed by atoms with E-state index in [0.717, 1.165) is 0 Å². The fraction of sp³-hybridized carbons (Fsp3) is 0.250. The summed E-state index contributed by atoms with van der Waals surface area (Å²) in [4.78, 5) is 8.09. The first-order valence-electron chi connectivity index (χ1n) is 8.31. The van der Waals surface area contributed by atoms with Crippen molar-refractivity contribution < 1.29 is 23.8 Å². The summed E-state index contributed by atoms with van der Waals surface area (Å²) >= 11 is 5.81. The third-order valence-corrected chi connectivity index (χ3v) is 4.94. The van der Waals surface area contributed by atoms with Gasteiger partial charge in [-0.2, -0.15) is 4.98 Å². The number of fused-ring (bicyclic) bond motifs is 1. The average molecular weight is 438 g/mol. The smallest absolute Gasteiger partial charge is 0.342 e. The van der Waals surface area contributed by atoms with Crippen LogP contribution < -0.4 is 34.6 Å². The molecule has 0 fully saturated rings. The van der Waals surface area contributed by atoms with E-state index in [-0.39, 0.29) is 6.01 Å². The molecule has 4 rings (SSSR count). The van der Waals surface area contributed by atoms with E-state index in [2.05, 4.69) is 33.6 Å². The van der Waals surface area contributed by atoms with Crippen molar-refractivity contribution >= 4 is 46.7 Å². The van der Waals surface area contributed by atoms with Crippen LogP contribution in [0.25, 0.3) is 0 Å². The van der Waals surface area contributed by atoms with Gasteiger partial charge in [-0.15, -0.1) is 16.5 Å². The van der Waals surface area contributed by atoms with Crippen LogP contribution in [0.15, 0.2) is 34.5 Å². The van der Waals surface area contributed by atoms with Crippen LogP contribution in [0.1, 0.15) is 13.8 Å². The van der Waals surface area contributed by atoms with E-state index < -0.39 is 5.79 Å². The Kier molecular flexibility index (Phi) is 4.94. The lowest BCUT2D eigenvalue weighted by Crippen LogP contribution is -2.29. The second-order valence-electron chi connectivity index (χ2n) is 6.24. The number of anilines is 4. The largest absolute Gasteiger partial charge is 0.491 e. The Morgan fingerprint density at radius 1 is 1.24 bits per heavy atom. The van der Waals surface area contributed by atoms with E-state index >= 15 is 0 Å². The highest BCUT2D eigenvalue weighted by atomic mass is 32.1. The maximum Gasteiger partial charge on any atom is 0.342 e. The van der Waals surface area contributed by atoms with E-state index in [1.165, 1.54) is 35.3 Å². The number of nitrogens with zero attached hydrogens (tertiary/aromatic N) is 4. The van der Waals surface area contributed by atoms with Crippen LogP contribution in [0.3, 0.4) is 0 Å². The zero-order valence-electron chi connectivity index (χ0n) is 15.6. The number of nitrogens with one attached hydrogen (secondary N) is 2. The average Bonchev–Trinajstić information content (AvgIpc) is 3.42. The molecule has 0 radical (unpaired) electrons. The van der Waals surface area contributed by atoms with Crippen LogP contribution in [-0.2, 0) is 0 Å². The van der Waals surface area contributed by atoms with Gasteiger partial charge in [0.2, 0.25) is 16.7 Å². The molecule has 3 N–H and O–H groups in total. The summed E-state index contributed by atoms with van der Waals surface area (Å²) in [6, 6.07) is 1.62. The zero-order chi connectivity index (χ0) is 20.6. The molecule has 154 valence electrons. The normalized spacial score (nSPS) is 13.8. The Morgan fingerprint density at radius 3 is 2.72 bits per heavy atom. The number of ether oxygens (including phenoxy) is 3. The van der Waals surface area contributed by atoms with Crippen molar-refractivity contribution in [1.29, 1.82) is 0 Å². The Labute approximate surface area is 175 Å². The molecule has 0 saturated carbocycles. The molecule has 0 bridgehead atoms. The number of thiol groups is 1. The summed E-state index contributed by atoms with van der Waals surface area (Å²) in [5, 5.41) is 13.4. The van der Waals surface area contributed by atoms with Gasteiger partial charge in [0.1, 0.15) is 12.0 Å². The molecule has 0 aliphatic carbocycles. The fourth-order valence-electron chi connectivity index (χ4n) is 2.67. The van der Waals surface area contributed by atoms with Crippen molar-refractivity contribution in [3.05, 3.63) is 30.1 Å². The first-order chi connectivity index (χ1) is 13.9. The predicted octanol–water partition coefficient (Wildman–Crippen LogP) is 3.55. The highest BCUT2D eigenvalue weighted by molar-refractivity contribution is 7.82. The molecule has 1 aromatic carbocycles. The van der Waals surface area contributed by atoms with Gasteiger partial charge in [0.15, 0.2) is 11.5 Å². The van der Waals surface area contributed by atoms with Crippen molar-refractivity contribution in [3.63, 3.8) is 0 Å². The fourth-order valence-corrected chi connectivity index (χ4v) is 3.48. The Balaban J connectivity index is 1.75. The summed E-state index contributed by atoms with van der Waals surface area (Å²) in [6.45, 7) is 3.55. The highest BCUT2D eigenvalue weighted by Gasteiger charge is 2.37. The van der Waals surface area contributed by atoms with Crippen LogP contribution in [0.4, 0.5) is 22.5 Å². The molecule has 0 unspecified atom stereocenters. The first-order valence-corrected chi connectivity index (χ1v) is 9.59. The van der Waals surface area contributed by atoms with Crippen LogP contribution in [0.2, 0.25) is 0 Å². The van der Waals surface area contributed by atoms with Gasteiger partial charge in [0.05, 0.1) is 19.0 Å². The molecule has 29 heavy (non-hydrogen) atoms. The summed E-state index contributed by atoms with van der Waals surface area (Å²) in [7, 11) is 1.48. The SMILES string of the molecule is COc1c(NN(O)c2ncco2)c(NN(S)c2nccs2)cc2c1OC(C)(C)O2. The molecule has 1 aliphatic heterocycles. The Morgan fingerprint density at radius 2 is 2.07 bits per heavy atom. The summed E-state index contributed by atoms with van der Waals surface area (Å²) in [5.74, 6) is 0.248. The van der Waals surface area contributed by atoms with Gasteiger partial charge in [0, 0.05) is 31.5 Å². The molecule has 11 nitrogen and oxygen atoms in total. The number of methoxy groups -OCH3 is 1. The Bertz CT molecular complexity index is 982. The van der Waals surface area contributed by atoms with Gasteiger partial charge in [-0.05, 0) is 12.8 Å². The molecule has 0 saturated heterocycles. The van der Waals surface area contributed by atoms with E-state index in [0.29, 0.717) is 38.9 Å². The minimum absolute atomic E-state index is 0.0707. The maximum absolute atomic E-state index is 10.3. The zero-order valence-corrected chi connectivity index (χ0v) is 17.3. The number of aromatic nitrogens is 2. The second kappa shape index (κ2) is 7.42. The number of benzene rings is 1. The Hall–Kier alpha value is -3.03. The predicted molar refractivity (Wildman–Crippen MR) is 110 cm³/mol. The molecule has 2 aromatic heterocycles. The van der Waals surface area contributed by atoms with Crippen LogP contribution >= 0.6 is 24.2 Å². The van der Waals surface area contributed by atoms with Gasteiger partial charge >= 0.3 is 6.01 Å². The quantitative estimate of drug-likeness (QED) is 0.320. The number of oxazole rings is 1. The van der Waals surface area contributed by atoms with Crippen LogP contribution in [0, 0.1) is 0 Å². The molecule has 0 amide bonds. The minimum Gasteiger partial charge on any atom is -0.491 e. The summed E-state index contributed by atoms with van der Waals surface area (Å²) in [5.41, 5.74) is 6.63. The van der Waals surface area contributed by atoms with Gasteiger partial charge in [-0.3, -0.25) is 16.1 Å². The lowest BCUT2D eigenvalue weighted by molar-refractivity contribution is -0.0439. The van der Waals surface area contributed by atoms with Gasteiger partial charge < -0.3 is 18.6 Å². The third kappa shape index (κ3) is 3.79. The lowest BCUT2D eigenvalue weighted by atomic mass is 10.2. The molecular weight excluding hydrogens is 420 g/mol. The van der Waals surface area contributed by atoms with E-state index in [9.17, 15) is 5.21 Å². The third-order valence-electron chi connectivity index (χ3n) is 3.75.